The van der Waals surface area contributed by atoms with E-state index >= 15 is 0 Å². The number of carboxylic acid groups (broad SMARTS) is 1. The third-order valence-electron chi connectivity index (χ3n) is 2.81. The van der Waals surface area contributed by atoms with Gasteiger partial charge in [0.05, 0.1) is 5.69 Å². The molecule has 98 valence electrons. The Morgan fingerprint density at radius 2 is 2.11 bits per heavy atom. The van der Waals surface area contributed by atoms with Crippen molar-refractivity contribution in [3.05, 3.63) is 53.9 Å². The Morgan fingerprint density at radius 3 is 2.79 bits per heavy atom. The number of nitrogens with zero attached hydrogens (tertiary/aromatic N) is 3. The van der Waals surface area contributed by atoms with Crippen LogP contribution in [0.15, 0.2) is 37.1 Å². The van der Waals surface area contributed by atoms with Gasteiger partial charge in [0.1, 0.15) is 11.9 Å². The number of rotatable bonds is 5. The fourth-order valence-electron chi connectivity index (χ4n) is 1.69. The fraction of sp³-hybridized carbons (Fsp3) is 0.231. The predicted molar refractivity (Wildman–Crippen MR) is 68.5 cm³/mol. The Bertz CT molecular complexity index is 560. The topological polar surface area (TPSA) is 88.0 Å². The minimum Gasteiger partial charge on any atom is -0.478 e. The van der Waals surface area contributed by atoms with E-state index in [1.165, 1.54) is 12.5 Å². The number of carboxylic acids is 1. The molecule has 0 saturated heterocycles. The quantitative estimate of drug-likeness (QED) is 0.843. The second-order valence-electron chi connectivity index (χ2n) is 4.07. The van der Waals surface area contributed by atoms with E-state index in [1.54, 1.807) is 12.4 Å². The highest BCUT2D eigenvalue weighted by Crippen LogP contribution is 2.12. The summed E-state index contributed by atoms with van der Waals surface area (Å²) in [5.74, 6) is -1.02. The van der Waals surface area contributed by atoms with Gasteiger partial charge in [-0.1, -0.05) is 0 Å². The van der Waals surface area contributed by atoms with Crippen molar-refractivity contribution in [2.45, 2.75) is 19.5 Å². The number of hydrogen-bond acceptors (Lipinski definition) is 5. The van der Waals surface area contributed by atoms with E-state index in [2.05, 4.69) is 20.3 Å². The van der Waals surface area contributed by atoms with Crippen LogP contribution in [0.1, 0.15) is 34.6 Å². The molecular formula is C13H14N4O2. The molecule has 2 N–H and O–H groups in total. The average Bonchev–Trinajstić information content (AvgIpc) is 2.46. The third-order valence-corrected chi connectivity index (χ3v) is 2.81. The van der Waals surface area contributed by atoms with Crippen molar-refractivity contribution in [1.29, 1.82) is 0 Å². The van der Waals surface area contributed by atoms with Gasteiger partial charge in [0, 0.05) is 31.2 Å². The van der Waals surface area contributed by atoms with Crippen LogP contribution in [-0.4, -0.2) is 26.0 Å². The maximum absolute atomic E-state index is 11.0. The summed E-state index contributed by atoms with van der Waals surface area (Å²) in [7, 11) is 0. The fourth-order valence-corrected chi connectivity index (χ4v) is 1.69. The minimum atomic E-state index is -1.02. The molecule has 2 aromatic rings. The maximum atomic E-state index is 11.0. The van der Waals surface area contributed by atoms with Gasteiger partial charge in [0.2, 0.25) is 0 Å². The molecule has 0 aliphatic rings. The maximum Gasteiger partial charge on any atom is 0.339 e. The lowest BCUT2D eigenvalue weighted by Gasteiger charge is -2.14. The molecule has 0 saturated carbocycles. The van der Waals surface area contributed by atoms with Gasteiger partial charge >= 0.3 is 5.97 Å². The van der Waals surface area contributed by atoms with E-state index < -0.39 is 5.97 Å². The van der Waals surface area contributed by atoms with Crippen LogP contribution in [0.4, 0.5) is 0 Å². The molecule has 2 heterocycles. The Kier molecular flexibility index (Phi) is 4.15. The summed E-state index contributed by atoms with van der Waals surface area (Å²) in [5, 5.41) is 12.3. The van der Waals surface area contributed by atoms with Gasteiger partial charge in [-0.05, 0) is 24.6 Å². The first-order valence-electron chi connectivity index (χ1n) is 5.84. The summed E-state index contributed by atoms with van der Waals surface area (Å²) in [6, 6.07) is 3.91. The summed E-state index contributed by atoms with van der Waals surface area (Å²) in [6.45, 7) is 2.37. The highest BCUT2D eigenvalue weighted by atomic mass is 16.4. The summed E-state index contributed by atoms with van der Waals surface area (Å²) < 4.78 is 0. The predicted octanol–water partition coefficient (Wildman–Crippen LogP) is 1.42. The lowest BCUT2D eigenvalue weighted by Crippen LogP contribution is -2.20. The van der Waals surface area contributed by atoms with Crippen molar-refractivity contribution in [2.75, 3.05) is 0 Å². The highest BCUT2D eigenvalue weighted by molar-refractivity contribution is 5.88. The van der Waals surface area contributed by atoms with Crippen LogP contribution in [0.5, 0.6) is 0 Å². The summed E-state index contributed by atoms with van der Waals surface area (Å²) in [4.78, 5) is 22.7. The number of aromatic nitrogens is 3. The van der Waals surface area contributed by atoms with E-state index in [1.807, 2.05) is 19.1 Å². The monoisotopic (exact) mass is 258 g/mol. The van der Waals surface area contributed by atoms with Crippen LogP contribution in [0.2, 0.25) is 0 Å². The molecule has 0 unspecified atom stereocenters. The number of aromatic carboxylic acids is 1. The van der Waals surface area contributed by atoms with E-state index in [0.717, 1.165) is 5.56 Å². The molecule has 0 amide bonds. The van der Waals surface area contributed by atoms with Crippen molar-refractivity contribution >= 4 is 5.97 Å². The number of carbonyl (C=O) groups is 1. The smallest absolute Gasteiger partial charge is 0.339 e. The van der Waals surface area contributed by atoms with Crippen molar-refractivity contribution < 1.29 is 9.90 Å². The first kappa shape index (κ1) is 13.1. The molecule has 0 aliphatic carbocycles. The molecule has 0 fully saturated rings. The molecular weight excluding hydrogens is 244 g/mol. The molecule has 1 atom stereocenters. The molecule has 6 nitrogen and oxygen atoms in total. The van der Waals surface area contributed by atoms with Crippen LogP contribution in [0, 0.1) is 0 Å². The number of hydrogen-bond donors (Lipinski definition) is 2. The lowest BCUT2D eigenvalue weighted by atomic mass is 10.1. The van der Waals surface area contributed by atoms with Gasteiger partial charge in [0.15, 0.2) is 0 Å². The molecule has 0 aromatic carbocycles. The van der Waals surface area contributed by atoms with Crippen LogP contribution >= 0.6 is 0 Å². The Hall–Kier alpha value is -2.34. The molecule has 0 spiro atoms. The van der Waals surface area contributed by atoms with E-state index in [0.29, 0.717) is 12.2 Å². The molecule has 0 bridgehead atoms. The lowest BCUT2D eigenvalue weighted by molar-refractivity contribution is 0.0694. The number of pyridine rings is 1. The Morgan fingerprint density at radius 1 is 1.37 bits per heavy atom. The zero-order valence-corrected chi connectivity index (χ0v) is 10.4. The zero-order chi connectivity index (χ0) is 13.7. The van der Waals surface area contributed by atoms with E-state index in [9.17, 15) is 4.79 Å². The van der Waals surface area contributed by atoms with Gasteiger partial charge in [0.25, 0.3) is 0 Å². The Labute approximate surface area is 110 Å². The summed E-state index contributed by atoms with van der Waals surface area (Å²) >= 11 is 0. The summed E-state index contributed by atoms with van der Waals surface area (Å²) in [6.07, 6.45) is 6.10. The summed E-state index contributed by atoms with van der Waals surface area (Å²) in [5.41, 5.74) is 1.68. The first-order chi connectivity index (χ1) is 9.18. The normalized spacial score (nSPS) is 12.1. The van der Waals surface area contributed by atoms with Gasteiger partial charge < -0.3 is 10.4 Å². The van der Waals surface area contributed by atoms with Crippen LogP contribution in [-0.2, 0) is 6.54 Å². The average molecular weight is 258 g/mol. The van der Waals surface area contributed by atoms with Crippen LogP contribution in [0.25, 0.3) is 0 Å². The van der Waals surface area contributed by atoms with Crippen LogP contribution < -0.4 is 5.32 Å². The molecule has 0 aliphatic heterocycles. The number of nitrogens with one attached hydrogen (secondary N) is 1. The second kappa shape index (κ2) is 6.01. The first-order valence-corrected chi connectivity index (χ1v) is 5.84. The molecule has 19 heavy (non-hydrogen) atoms. The van der Waals surface area contributed by atoms with Gasteiger partial charge in [-0.2, -0.15) is 0 Å². The SMILES string of the molecule is C[C@H](NCc1ncncc1C(=O)O)c1ccncc1. The van der Waals surface area contributed by atoms with Gasteiger partial charge in [-0.3, -0.25) is 4.98 Å². The molecule has 2 aromatic heterocycles. The van der Waals surface area contributed by atoms with Crippen molar-refractivity contribution in [3.63, 3.8) is 0 Å². The van der Waals surface area contributed by atoms with Crippen molar-refractivity contribution in [1.82, 2.24) is 20.3 Å². The molecule has 2 rings (SSSR count). The zero-order valence-electron chi connectivity index (χ0n) is 10.4. The molecule has 0 radical (unpaired) electrons. The highest BCUT2D eigenvalue weighted by Gasteiger charge is 2.12. The standard InChI is InChI=1S/C13H14N4O2/c1-9(10-2-4-14-5-3-10)16-7-12-11(13(18)19)6-15-8-17-12/h2-6,8-9,16H,7H2,1H3,(H,18,19)/t9-/m0/s1. The van der Waals surface area contributed by atoms with Gasteiger partial charge in [-0.25, -0.2) is 14.8 Å². The second-order valence-corrected chi connectivity index (χ2v) is 4.07. The van der Waals surface area contributed by atoms with Crippen molar-refractivity contribution in [2.24, 2.45) is 0 Å². The molecule has 6 heteroatoms. The third kappa shape index (κ3) is 3.32. The minimum absolute atomic E-state index is 0.0830. The van der Waals surface area contributed by atoms with Crippen LogP contribution in [0.3, 0.4) is 0 Å². The Balaban J connectivity index is 2.05. The van der Waals surface area contributed by atoms with Crippen molar-refractivity contribution in [3.8, 4) is 0 Å². The van der Waals surface area contributed by atoms with E-state index in [-0.39, 0.29) is 11.6 Å². The van der Waals surface area contributed by atoms with E-state index in [4.69, 9.17) is 5.11 Å². The largest absolute Gasteiger partial charge is 0.478 e. The van der Waals surface area contributed by atoms with Gasteiger partial charge in [-0.15, -0.1) is 0 Å².